The molecule has 0 unspecified atom stereocenters. The van der Waals surface area contributed by atoms with Gasteiger partial charge in [-0.3, -0.25) is 4.79 Å². The minimum absolute atomic E-state index is 0.0434. The highest BCUT2D eigenvalue weighted by molar-refractivity contribution is 7.80. The van der Waals surface area contributed by atoms with Crippen LogP contribution in [0.1, 0.15) is 39.0 Å². The van der Waals surface area contributed by atoms with Crippen molar-refractivity contribution in [3.63, 3.8) is 0 Å². The third-order valence-corrected chi connectivity index (χ3v) is 3.38. The molecule has 128 valence electrons. The van der Waals surface area contributed by atoms with Crippen LogP contribution in [-0.4, -0.2) is 31.3 Å². The molecule has 1 aromatic carbocycles. The van der Waals surface area contributed by atoms with E-state index in [1.807, 2.05) is 24.3 Å². The van der Waals surface area contributed by atoms with Crippen molar-refractivity contribution in [1.29, 1.82) is 0 Å². The van der Waals surface area contributed by atoms with Crippen molar-refractivity contribution < 1.29 is 14.3 Å². The number of carbonyl (C=O) groups excluding carboxylic acids is 1. The first-order chi connectivity index (χ1) is 11.2. The van der Waals surface area contributed by atoms with E-state index in [4.69, 9.17) is 21.7 Å². The van der Waals surface area contributed by atoms with E-state index in [-0.39, 0.29) is 5.91 Å². The number of unbranched alkanes of at least 4 members (excludes halogenated alkanes) is 3. The summed E-state index contributed by atoms with van der Waals surface area (Å²) in [5.41, 5.74) is 0.806. The molecule has 23 heavy (non-hydrogen) atoms. The van der Waals surface area contributed by atoms with Gasteiger partial charge >= 0.3 is 0 Å². The Balaban J connectivity index is 2.29. The number of nitrogens with one attached hydrogen (secondary N) is 2. The lowest BCUT2D eigenvalue weighted by Gasteiger charge is -2.10. The summed E-state index contributed by atoms with van der Waals surface area (Å²) in [5, 5.41) is 6.00. The first-order valence-corrected chi connectivity index (χ1v) is 8.39. The molecule has 6 heteroatoms. The largest absolute Gasteiger partial charge is 0.491 e. The lowest BCUT2D eigenvalue weighted by Crippen LogP contribution is -2.33. The normalized spacial score (nSPS) is 10.2. The molecule has 5 nitrogen and oxygen atoms in total. The van der Waals surface area contributed by atoms with Gasteiger partial charge in [-0.05, 0) is 42.9 Å². The van der Waals surface area contributed by atoms with Gasteiger partial charge in [-0.1, -0.05) is 26.2 Å². The van der Waals surface area contributed by atoms with E-state index < -0.39 is 0 Å². The molecular weight excluding hydrogens is 312 g/mol. The van der Waals surface area contributed by atoms with Gasteiger partial charge in [0.2, 0.25) is 5.91 Å². The van der Waals surface area contributed by atoms with Gasteiger partial charge in [-0.2, -0.15) is 0 Å². The minimum Gasteiger partial charge on any atom is -0.491 e. The van der Waals surface area contributed by atoms with Gasteiger partial charge in [-0.25, -0.2) is 0 Å². The number of hydrogen-bond acceptors (Lipinski definition) is 4. The van der Waals surface area contributed by atoms with E-state index in [1.54, 1.807) is 7.11 Å². The monoisotopic (exact) mass is 338 g/mol. The number of carbonyl (C=O) groups is 1. The fraction of sp³-hybridized carbons (Fsp3) is 0.529. The lowest BCUT2D eigenvalue weighted by atomic mass is 10.1. The highest BCUT2D eigenvalue weighted by Gasteiger charge is 2.05. The molecule has 0 radical (unpaired) electrons. The predicted molar refractivity (Wildman–Crippen MR) is 96.9 cm³/mol. The van der Waals surface area contributed by atoms with Crippen molar-refractivity contribution in [2.45, 2.75) is 39.0 Å². The van der Waals surface area contributed by atoms with Crippen LogP contribution in [-0.2, 0) is 9.53 Å². The van der Waals surface area contributed by atoms with Gasteiger partial charge in [0.15, 0.2) is 5.11 Å². The number of hydrogen-bond donors (Lipinski definition) is 2. The van der Waals surface area contributed by atoms with Crippen molar-refractivity contribution in [3.05, 3.63) is 24.3 Å². The van der Waals surface area contributed by atoms with E-state index in [2.05, 4.69) is 17.6 Å². The summed E-state index contributed by atoms with van der Waals surface area (Å²) in [6.07, 6.45) is 4.81. The Kier molecular flexibility index (Phi) is 9.99. The first-order valence-electron chi connectivity index (χ1n) is 7.98. The summed E-state index contributed by atoms with van der Waals surface area (Å²) in [7, 11) is 1.63. The molecule has 0 saturated carbocycles. The van der Waals surface area contributed by atoms with Crippen LogP contribution in [0.15, 0.2) is 24.3 Å². The quantitative estimate of drug-likeness (QED) is 0.505. The lowest BCUT2D eigenvalue weighted by molar-refractivity contribution is -0.119. The average Bonchev–Trinajstić information content (AvgIpc) is 2.53. The van der Waals surface area contributed by atoms with Gasteiger partial charge in [0.25, 0.3) is 0 Å². The molecule has 0 heterocycles. The molecule has 1 amide bonds. The second-order valence-corrected chi connectivity index (χ2v) is 5.59. The zero-order valence-electron chi connectivity index (χ0n) is 13.9. The van der Waals surface area contributed by atoms with E-state index in [9.17, 15) is 4.79 Å². The molecule has 2 N–H and O–H groups in total. The van der Waals surface area contributed by atoms with Crippen molar-refractivity contribution in [3.8, 4) is 5.75 Å². The molecule has 1 rings (SSSR count). The molecule has 0 aliphatic carbocycles. The molecule has 0 aliphatic rings. The van der Waals surface area contributed by atoms with E-state index in [0.717, 1.165) is 37.1 Å². The standard InChI is InChI=1S/C17H26N2O3S/c1-3-4-5-6-7-16(20)19-17(23)18-14-8-10-15(11-9-14)22-13-12-21-2/h8-11H,3-7,12-13H2,1-2H3,(H2,18,19,20,23). The zero-order chi connectivity index (χ0) is 16.9. The van der Waals surface area contributed by atoms with Gasteiger partial charge in [0, 0.05) is 19.2 Å². The number of anilines is 1. The number of amides is 1. The molecule has 0 aromatic heterocycles. The van der Waals surface area contributed by atoms with Crippen LogP contribution < -0.4 is 15.4 Å². The fourth-order valence-corrected chi connectivity index (χ4v) is 2.17. The SMILES string of the molecule is CCCCCCC(=O)NC(=S)Nc1ccc(OCCOC)cc1. The Hall–Kier alpha value is -1.66. The topological polar surface area (TPSA) is 59.6 Å². The molecule has 1 aromatic rings. The average molecular weight is 338 g/mol. The summed E-state index contributed by atoms with van der Waals surface area (Å²) >= 11 is 5.14. The Bertz CT molecular complexity index is 477. The maximum absolute atomic E-state index is 11.7. The molecular formula is C17H26N2O3S. The minimum atomic E-state index is -0.0434. The van der Waals surface area contributed by atoms with E-state index in [1.165, 1.54) is 0 Å². The predicted octanol–water partition coefficient (Wildman–Crippen LogP) is 3.50. The van der Waals surface area contributed by atoms with Gasteiger partial charge in [-0.15, -0.1) is 0 Å². The summed E-state index contributed by atoms with van der Waals surface area (Å²) in [4.78, 5) is 11.7. The molecule has 0 bridgehead atoms. The number of benzene rings is 1. The summed E-state index contributed by atoms with van der Waals surface area (Å²) in [6.45, 7) is 3.21. The zero-order valence-corrected chi connectivity index (χ0v) is 14.7. The van der Waals surface area contributed by atoms with Crippen LogP contribution in [0.25, 0.3) is 0 Å². The number of thiocarbonyl (C=S) groups is 1. The third kappa shape index (κ3) is 9.15. The molecule has 0 atom stereocenters. The highest BCUT2D eigenvalue weighted by atomic mass is 32.1. The summed E-state index contributed by atoms with van der Waals surface area (Å²) in [6, 6.07) is 7.38. The Morgan fingerprint density at radius 1 is 1.13 bits per heavy atom. The Morgan fingerprint density at radius 2 is 1.87 bits per heavy atom. The van der Waals surface area contributed by atoms with Crippen LogP contribution in [0.5, 0.6) is 5.75 Å². The number of rotatable bonds is 10. The highest BCUT2D eigenvalue weighted by Crippen LogP contribution is 2.15. The van der Waals surface area contributed by atoms with E-state index in [0.29, 0.717) is 24.7 Å². The molecule has 0 aliphatic heterocycles. The first kappa shape index (κ1) is 19.4. The van der Waals surface area contributed by atoms with Crippen molar-refractivity contribution in [1.82, 2.24) is 5.32 Å². The Morgan fingerprint density at radius 3 is 2.52 bits per heavy atom. The van der Waals surface area contributed by atoms with Crippen LogP contribution in [0, 0.1) is 0 Å². The van der Waals surface area contributed by atoms with E-state index >= 15 is 0 Å². The summed E-state index contributed by atoms with van der Waals surface area (Å²) < 4.78 is 10.4. The Labute approximate surface area is 143 Å². The molecule has 0 spiro atoms. The van der Waals surface area contributed by atoms with Crippen LogP contribution in [0.4, 0.5) is 5.69 Å². The fourth-order valence-electron chi connectivity index (χ4n) is 1.94. The third-order valence-electron chi connectivity index (χ3n) is 3.18. The maximum atomic E-state index is 11.7. The molecule has 0 fully saturated rings. The molecule has 0 saturated heterocycles. The maximum Gasteiger partial charge on any atom is 0.226 e. The van der Waals surface area contributed by atoms with Crippen molar-refractivity contribution in [2.75, 3.05) is 25.6 Å². The number of ether oxygens (including phenoxy) is 2. The van der Waals surface area contributed by atoms with Gasteiger partial charge in [0.1, 0.15) is 12.4 Å². The second kappa shape index (κ2) is 11.8. The van der Waals surface area contributed by atoms with Crippen molar-refractivity contribution in [2.24, 2.45) is 0 Å². The van der Waals surface area contributed by atoms with Gasteiger partial charge in [0.05, 0.1) is 6.61 Å². The van der Waals surface area contributed by atoms with Crippen molar-refractivity contribution >= 4 is 28.9 Å². The van der Waals surface area contributed by atoms with Crippen LogP contribution >= 0.6 is 12.2 Å². The van der Waals surface area contributed by atoms with Gasteiger partial charge < -0.3 is 20.1 Å². The second-order valence-electron chi connectivity index (χ2n) is 5.18. The smallest absolute Gasteiger partial charge is 0.226 e. The van der Waals surface area contributed by atoms with Crippen LogP contribution in [0.3, 0.4) is 0 Å². The summed E-state index contributed by atoms with van der Waals surface area (Å²) in [5.74, 6) is 0.719. The number of methoxy groups -OCH3 is 1. The van der Waals surface area contributed by atoms with Crippen LogP contribution in [0.2, 0.25) is 0 Å².